The average molecular weight is 811 g/mol. The van der Waals surface area contributed by atoms with Gasteiger partial charge in [0.2, 0.25) is 11.8 Å². The van der Waals surface area contributed by atoms with Crippen molar-refractivity contribution < 1.29 is 28.6 Å². The van der Waals surface area contributed by atoms with Gasteiger partial charge in [-0.1, -0.05) is 56.3 Å². The van der Waals surface area contributed by atoms with E-state index in [1.54, 1.807) is 13.5 Å². The molecule has 0 spiro atoms. The Kier molecular flexibility index (Phi) is 10.7. The smallest absolute Gasteiger partial charge is 0.407 e. The summed E-state index contributed by atoms with van der Waals surface area (Å²) in [6, 6.07) is 19.4. The molecule has 2 aromatic heterocycles. The van der Waals surface area contributed by atoms with Crippen molar-refractivity contribution in [1.29, 1.82) is 0 Å². The fourth-order valence-corrected chi connectivity index (χ4v) is 9.63. The Morgan fingerprint density at radius 3 is 2.57 bits per heavy atom. The van der Waals surface area contributed by atoms with E-state index < -0.39 is 12.1 Å². The van der Waals surface area contributed by atoms with Gasteiger partial charge in [0.1, 0.15) is 30.0 Å². The van der Waals surface area contributed by atoms with E-state index in [1.807, 2.05) is 67.1 Å². The molecule has 2 fully saturated rings. The molecule has 0 bridgehead atoms. The van der Waals surface area contributed by atoms with Crippen LogP contribution in [0.2, 0.25) is 0 Å². The zero-order chi connectivity index (χ0) is 41.7. The number of H-pyrrole nitrogens is 2. The highest BCUT2D eigenvalue weighted by molar-refractivity contribution is 5.89. The average Bonchev–Trinajstić information content (AvgIpc) is 4.08. The number of methoxy groups -OCH3 is 2. The van der Waals surface area contributed by atoms with Gasteiger partial charge in [-0.2, -0.15) is 0 Å². The lowest BCUT2D eigenvalue weighted by Crippen LogP contribution is -2.52. The number of aromatic amines is 2. The number of ether oxygens (including phenoxy) is 3. The third-order valence-corrected chi connectivity index (χ3v) is 12.7. The van der Waals surface area contributed by atoms with Crippen LogP contribution in [-0.4, -0.2) is 87.1 Å². The number of rotatable bonds is 10. The third-order valence-electron chi connectivity index (χ3n) is 12.7. The number of nitrogens with one attached hydrogen (secondary N) is 3. The maximum atomic E-state index is 13.9. The van der Waals surface area contributed by atoms with Crippen molar-refractivity contribution in [3.63, 3.8) is 0 Å². The number of likely N-dealkylation sites (tertiary alicyclic amines) is 2. The minimum atomic E-state index is -0.707. The van der Waals surface area contributed by atoms with Crippen LogP contribution in [0, 0.1) is 18.3 Å². The summed E-state index contributed by atoms with van der Waals surface area (Å²) in [7, 11) is 3.01. The Morgan fingerprint density at radius 2 is 1.78 bits per heavy atom. The molecule has 13 heteroatoms. The van der Waals surface area contributed by atoms with Crippen LogP contribution in [0.1, 0.15) is 86.2 Å². The molecule has 4 aliphatic rings. The number of carbonyl (C=O) groups is 3. The zero-order valence-corrected chi connectivity index (χ0v) is 34.8. The van der Waals surface area contributed by atoms with Crippen LogP contribution in [0.15, 0.2) is 66.9 Å². The Bertz CT molecular complexity index is 2420. The summed E-state index contributed by atoms with van der Waals surface area (Å²) in [5, 5.41) is 2.74. The van der Waals surface area contributed by atoms with E-state index in [9.17, 15) is 14.4 Å². The number of amides is 3. The predicted molar refractivity (Wildman–Crippen MR) is 226 cm³/mol. The van der Waals surface area contributed by atoms with Gasteiger partial charge in [0, 0.05) is 36.7 Å². The number of hydrogen-bond donors (Lipinski definition) is 3. The molecule has 3 aromatic carbocycles. The van der Waals surface area contributed by atoms with Crippen LogP contribution in [0.3, 0.4) is 0 Å². The van der Waals surface area contributed by atoms with Crippen LogP contribution in [0.4, 0.5) is 4.79 Å². The minimum absolute atomic E-state index is 0.00326. The quantitative estimate of drug-likeness (QED) is 0.132. The molecule has 1 aliphatic carbocycles. The minimum Gasteiger partial charge on any atom is -0.488 e. The van der Waals surface area contributed by atoms with Gasteiger partial charge in [0.05, 0.1) is 55.5 Å². The van der Waals surface area contributed by atoms with Crippen molar-refractivity contribution in [3.8, 4) is 39.4 Å². The molecule has 3 N–H and O–H groups in total. The maximum absolute atomic E-state index is 13.9. The van der Waals surface area contributed by atoms with Crippen LogP contribution < -0.4 is 10.1 Å². The maximum Gasteiger partial charge on any atom is 0.407 e. The SMILES string of the molecule is COC[C@H]1C[C@@H](c2nc3c([nH]2)-c2cc4c(cc2CC3)-c2ccc(-c3cnc([C@@H]5CC[C@H](C)N5C(=O)[C@@H](NC(=O)OC)C(C)C)[nH]3)cc2CO4)N(C(=O)[CH]c2ccccc2)C1. The van der Waals surface area contributed by atoms with E-state index in [0.29, 0.717) is 19.8 Å². The molecule has 60 heavy (non-hydrogen) atoms. The number of alkyl carbamates (subject to hydrolysis) is 1. The topological polar surface area (TPSA) is 155 Å². The van der Waals surface area contributed by atoms with Gasteiger partial charge in [-0.05, 0) is 91.0 Å². The molecule has 3 aliphatic heterocycles. The molecular weight excluding hydrogens is 759 g/mol. The second-order valence-corrected chi connectivity index (χ2v) is 17.0. The molecule has 0 saturated carbocycles. The molecule has 5 aromatic rings. The Hall–Kier alpha value is -5.95. The number of fused-ring (bicyclic) bond motifs is 6. The first kappa shape index (κ1) is 39.5. The lowest BCUT2D eigenvalue weighted by molar-refractivity contribution is -0.137. The number of aromatic nitrogens is 4. The lowest BCUT2D eigenvalue weighted by Gasteiger charge is -2.32. The molecule has 3 amide bonds. The van der Waals surface area contributed by atoms with E-state index in [2.05, 4.69) is 45.6 Å². The number of benzene rings is 3. The largest absolute Gasteiger partial charge is 0.488 e. The van der Waals surface area contributed by atoms with Crippen LogP contribution >= 0.6 is 0 Å². The number of carbonyl (C=O) groups excluding carboxylic acids is 3. The zero-order valence-electron chi connectivity index (χ0n) is 34.8. The van der Waals surface area contributed by atoms with E-state index in [4.69, 9.17) is 24.2 Å². The Labute approximate surface area is 350 Å². The summed E-state index contributed by atoms with van der Waals surface area (Å²) in [5.74, 6) is 2.31. The highest BCUT2D eigenvalue weighted by atomic mass is 16.5. The highest BCUT2D eigenvalue weighted by Gasteiger charge is 2.42. The molecule has 1 radical (unpaired) electrons. The number of imidazole rings is 2. The fraction of sp³-hybridized carbons (Fsp3) is 0.404. The highest BCUT2D eigenvalue weighted by Crippen LogP contribution is 2.46. The van der Waals surface area contributed by atoms with Gasteiger partial charge < -0.3 is 39.3 Å². The summed E-state index contributed by atoms with van der Waals surface area (Å²) in [6.45, 7) is 7.49. The van der Waals surface area contributed by atoms with E-state index in [0.717, 1.165) is 100.0 Å². The monoisotopic (exact) mass is 810 g/mol. The van der Waals surface area contributed by atoms with Gasteiger partial charge in [0.25, 0.3) is 0 Å². The van der Waals surface area contributed by atoms with Crippen LogP contribution in [-0.2, 0) is 38.5 Å². The van der Waals surface area contributed by atoms with Gasteiger partial charge in [-0.3, -0.25) is 9.59 Å². The number of hydrogen-bond acceptors (Lipinski definition) is 8. The van der Waals surface area contributed by atoms with E-state index in [-0.39, 0.29) is 41.8 Å². The summed E-state index contributed by atoms with van der Waals surface area (Å²) in [5.41, 5.74) is 10.4. The molecule has 5 heterocycles. The van der Waals surface area contributed by atoms with Crippen molar-refractivity contribution in [3.05, 3.63) is 107 Å². The lowest BCUT2D eigenvalue weighted by atomic mass is 9.86. The van der Waals surface area contributed by atoms with Gasteiger partial charge in [0.15, 0.2) is 0 Å². The van der Waals surface area contributed by atoms with Crippen LogP contribution in [0.5, 0.6) is 5.75 Å². The van der Waals surface area contributed by atoms with E-state index >= 15 is 0 Å². The Balaban J connectivity index is 0.947. The molecule has 2 saturated heterocycles. The van der Waals surface area contributed by atoms with Crippen molar-refractivity contribution >= 4 is 17.9 Å². The molecule has 0 unspecified atom stereocenters. The molecule has 311 valence electrons. The second-order valence-electron chi connectivity index (χ2n) is 17.0. The summed E-state index contributed by atoms with van der Waals surface area (Å²) >= 11 is 0. The first-order chi connectivity index (χ1) is 29.1. The first-order valence-corrected chi connectivity index (χ1v) is 21.0. The third kappa shape index (κ3) is 7.33. The summed E-state index contributed by atoms with van der Waals surface area (Å²) in [6.07, 6.45) is 6.95. The summed E-state index contributed by atoms with van der Waals surface area (Å²) in [4.78, 5) is 60.6. The van der Waals surface area contributed by atoms with Gasteiger partial charge in [-0.15, -0.1) is 0 Å². The molecule has 9 rings (SSSR count). The predicted octanol–water partition coefficient (Wildman–Crippen LogP) is 7.35. The number of nitrogens with zero attached hydrogens (tertiary/aromatic N) is 4. The van der Waals surface area contributed by atoms with Crippen molar-refractivity contribution in [2.24, 2.45) is 11.8 Å². The summed E-state index contributed by atoms with van der Waals surface area (Å²) < 4.78 is 16.8. The van der Waals surface area contributed by atoms with Crippen molar-refractivity contribution in [2.75, 3.05) is 27.4 Å². The second kappa shape index (κ2) is 16.2. The van der Waals surface area contributed by atoms with Gasteiger partial charge >= 0.3 is 6.09 Å². The van der Waals surface area contributed by atoms with E-state index in [1.165, 1.54) is 12.7 Å². The fourth-order valence-electron chi connectivity index (χ4n) is 9.63. The first-order valence-electron chi connectivity index (χ1n) is 21.0. The normalized spacial score (nSPS) is 20.8. The standard InChI is InChI=1S/C47H52N7O6/c1-26(2)42(52-47(57)59-5)46(56)54-27(3)11-16-38(54)44-48-22-37(50-44)31-12-14-33-32(19-31)25-60-40-21-34-30(20-35(33)40)13-15-36-43(34)51-45(49-36)39-17-29(24-58-4)23-53(39)41(55)18-28-9-7-6-8-10-28/h6-10,12,14,18-22,26-27,29,38-39,42H,11,13,15-17,23-25H2,1-5H3,(H,48,50)(H,49,51)(H,52,57)/t27-,29-,38-,39-,42-/m0/s1. The molecule has 13 nitrogen and oxygen atoms in total. The van der Waals surface area contributed by atoms with Crippen LogP contribution in [0.25, 0.3) is 33.6 Å². The van der Waals surface area contributed by atoms with Crippen molar-refractivity contribution in [2.45, 2.75) is 83.6 Å². The van der Waals surface area contributed by atoms with Crippen molar-refractivity contribution in [1.82, 2.24) is 35.1 Å². The van der Waals surface area contributed by atoms with Gasteiger partial charge in [-0.25, -0.2) is 14.8 Å². The molecular formula is C47H52N7O6. The molecule has 5 atom stereocenters. The number of aryl methyl sites for hydroxylation is 2. The Morgan fingerprint density at radius 1 is 0.950 bits per heavy atom.